The molecule has 0 radical (unpaired) electrons. The maximum Gasteiger partial charge on any atom is 0.264 e. The number of hydrogen-bond acceptors (Lipinski definition) is 3. The summed E-state index contributed by atoms with van der Waals surface area (Å²) in [5.74, 6) is 0. The lowest BCUT2D eigenvalue weighted by Gasteiger charge is -2.47. The van der Waals surface area contributed by atoms with E-state index in [2.05, 4.69) is 258 Å². The van der Waals surface area contributed by atoms with Crippen molar-refractivity contribution >= 4 is 78.0 Å². The largest absolute Gasteiger partial charge is 0.311 e. The Morgan fingerprint density at radius 3 is 1.44 bits per heavy atom. The van der Waals surface area contributed by atoms with Gasteiger partial charge < -0.3 is 9.80 Å². The van der Waals surface area contributed by atoms with Gasteiger partial charge in [0, 0.05) is 43.1 Å². The highest BCUT2D eigenvalue weighted by Gasteiger charge is 2.54. The molecule has 2 atom stereocenters. The third kappa shape index (κ3) is 7.30. The normalized spacial score (nSPS) is 21.0. The summed E-state index contributed by atoms with van der Waals surface area (Å²) in [7, 11) is 0. The van der Waals surface area contributed by atoms with E-state index in [1.165, 1.54) is 136 Å². The predicted octanol–water partition coefficient (Wildman–Crippen LogP) is 18.3. The van der Waals surface area contributed by atoms with Crippen LogP contribution in [0, 0.1) is 0 Å². The highest BCUT2D eigenvalue weighted by molar-refractivity contribution is 7.33. The Morgan fingerprint density at radius 1 is 0.440 bits per heavy atom. The average molecular weight is 1000 g/mol. The third-order valence-electron chi connectivity index (χ3n) is 19.3. The fraction of sp³-hybridized carbons (Fsp3) is 0.380. The zero-order valence-electron chi connectivity index (χ0n) is 47.6. The summed E-state index contributed by atoms with van der Waals surface area (Å²) in [5.41, 5.74) is 26.1. The molecule has 2 aliphatic heterocycles. The Kier molecular flexibility index (Phi) is 10.3. The standard InChI is InChI=1S/C71H77BN2S/c1-65(2,3)45-26-28-56(48(34-45)43-22-18-16-19-23-43)73-58-40-52-51(68(10,11)30-31-69(52,12)13)39-55(58)72-62-59(73)36-47(67(7,8)9)37-60(62)74(57-29-27-46(66(4,5)6)35-49(57)44-24-20-17-21-25-44)63-50-38-53-54(41-61(50)75-64(63)72)71(15)33-32-70(53,14)42-71/h16-29,34-41H,30-33,42H2,1-15H3. The molecule has 1 fully saturated rings. The van der Waals surface area contributed by atoms with Crippen LogP contribution in [0.4, 0.5) is 34.1 Å². The maximum atomic E-state index is 2.78. The Balaban J connectivity index is 1.21. The van der Waals surface area contributed by atoms with Crippen LogP contribution in [0.3, 0.4) is 0 Å². The van der Waals surface area contributed by atoms with Crippen molar-refractivity contribution in [2.45, 2.75) is 174 Å². The lowest BCUT2D eigenvalue weighted by molar-refractivity contribution is 0.332. The van der Waals surface area contributed by atoms with Crippen LogP contribution in [0.5, 0.6) is 0 Å². The summed E-state index contributed by atoms with van der Waals surface area (Å²) >= 11 is 2.09. The van der Waals surface area contributed by atoms with E-state index in [1.807, 2.05) is 0 Å². The molecule has 4 heteroatoms. The highest BCUT2D eigenvalue weighted by Crippen LogP contribution is 2.63. The smallest absolute Gasteiger partial charge is 0.264 e. The third-order valence-corrected chi connectivity index (χ3v) is 20.5. The molecule has 3 heterocycles. The van der Waals surface area contributed by atoms with Crippen LogP contribution < -0.4 is 25.5 Å². The molecule has 0 saturated heterocycles. The predicted molar refractivity (Wildman–Crippen MR) is 327 cm³/mol. The second-order valence-electron chi connectivity index (χ2n) is 28.7. The number of fused-ring (bicyclic) bond motifs is 12. The maximum absolute atomic E-state index is 2.78. The fourth-order valence-electron chi connectivity index (χ4n) is 14.7. The van der Waals surface area contributed by atoms with Gasteiger partial charge in [0.15, 0.2) is 0 Å². The van der Waals surface area contributed by atoms with Crippen molar-refractivity contribution in [3.8, 4) is 22.3 Å². The monoisotopic (exact) mass is 1000 g/mol. The van der Waals surface area contributed by atoms with E-state index in [4.69, 9.17) is 0 Å². The number of thiophene rings is 1. The minimum Gasteiger partial charge on any atom is -0.311 e. The van der Waals surface area contributed by atoms with Gasteiger partial charge in [0.1, 0.15) is 0 Å². The van der Waals surface area contributed by atoms with E-state index in [9.17, 15) is 0 Å². The van der Waals surface area contributed by atoms with Crippen molar-refractivity contribution in [2.75, 3.05) is 9.80 Å². The summed E-state index contributed by atoms with van der Waals surface area (Å²) in [5, 5.41) is 1.41. The molecule has 2 unspecified atom stereocenters. The number of rotatable bonds is 4. The van der Waals surface area contributed by atoms with Gasteiger partial charge in [0.05, 0.1) is 17.1 Å². The Hall–Kier alpha value is -5.84. The van der Waals surface area contributed by atoms with Crippen LogP contribution in [0.2, 0.25) is 0 Å². The van der Waals surface area contributed by atoms with Gasteiger partial charge in [-0.25, -0.2) is 0 Å². The highest BCUT2D eigenvalue weighted by atomic mass is 32.1. The molecule has 75 heavy (non-hydrogen) atoms. The summed E-state index contributed by atoms with van der Waals surface area (Å²) in [6, 6.07) is 53.4. The van der Waals surface area contributed by atoms with Gasteiger partial charge in [-0.05, 0) is 186 Å². The molecule has 0 amide bonds. The van der Waals surface area contributed by atoms with Crippen molar-refractivity contribution in [1.29, 1.82) is 0 Å². The van der Waals surface area contributed by atoms with E-state index in [1.54, 1.807) is 11.1 Å². The van der Waals surface area contributed by atoms with Crippen molar-refractivity contribution < 1.29 is 0 Å². The van der Waals surface area contributed by atoms with Crippen molar-refractivity contribution in [1.82, 2.24) is 0 Å². The lowest BCUT2D eigenvalue weighted by Crippen LogP contribution is -2.61. The van der Waals surface area contributed by atoms with Gasteiger partial charge in [-0.3, -0.25) is 0 Å². The van der Waals surface area contributed by atoms with Crippen LogP contribution in [0.25, 0.3) is 32.3 Å². The molecule has 3 aliphatic carbocycles. The minimum atomic E-state index is -0.154. The summed E-state index contributed by atoms with van der Waals surface area (Å²) in [6.07, 6.45) is 6.11. The summed E-state index contributed by atoms with van der Waals surface area (Å²) in [4.78, 5) is 5.53. The first kappa shape index (κ1) is 48.8. The molecule has 13 rings (SSSR count). The average Bonchev–Trinajstić information content (AvgIpc) is 4.06. The van der Waals surface area contributed by atoms with Gasteiger partial charge in [0.25, 0.3) is 6.71 Å². The molecule has 5 aliphatic rings. The number of anilines is 6. The lowest BCUT2D eigenvalue weighted by atomic mass is 9.35. The Morgan fingerprint density at radius 2 is 0.920 bits per heavy atom. The SMILES string of the molecule is CC(C)(C)c1ccc(N2c3cc4c(cc3B3c5sc6cc7c(cc6c5N(c5ccc(C(C)(C)C)cc5-c5ccccc5)c5cc(C(C)(C)C)cc2c53)C2(C)CCC7(C)C2)C(C)(C)CCC4(C)C)c(-c2ccccc2)c1. The molecule has 0 N–H and O–H groups in total. The van der Waals surface area contributed by atoms with Crippen molar-refractivity contribution in [2.24, 2.45) is 0 Å². The second-order valence-corrected chi connectivity index (χ2v) is 29.8. The number of benzene rings is 7. The van der Waals surface area contributed by atoms with Crippen molar-refractivity contribution in [3.05, 3.63) is 172 Å². The van der Waals surface area contributed by atoms with Gasteiger partial charge in [-0.1, -0.05) is 183 Å². The number of nitrogens with zero attached hydrogens (tertiary/aromatic N) is 2. The van der Waals surface area contributed by atoms with Crippen LogP contribution in [0.15, 0.2) is 133 Å². The van der Waals surface area contributed by atoms with E-state index < -0.39 is 0 Å². The van der Waals surface area contributed by atoms with E-state index in [0.29, 0.717) is 0 Å². The zero-order chi connectivity index (χ0) is 52.7. The second kappa shape index (κ2) is 15.9. The zero-order valence-corrected chi connectivity index (χ0v) is 48.4. The molecule has 8 aromatic rings. The van der Waals surface area contributed by atoms with Crippen LogP contribution in [-0.2, 0) is 37.9 Å². The molecule has 2 nitrogen and oxygen atoms in total. The van der Waals surface area contributed by atoms with Crippen LogP contribution >= 0.6 is 11.3 Å². The van der Waals surface area contributed by atoms with Gasteiger partial charge in [-0.2, -0.15) is 0 Å². The number of hydrogen-bond donors (Lipinski definition) is 0. The van der Waals surface area contributed by atoms with Crippen LogP contribution in [-0.4, -0.2) is 6.71 Å². The van der Waals surface area contributed by atoms with Gasteiger partial charge in [0.2, 0.25) is 0 Å². The van der Waals surface area contributed by atoms with Crippen LogP contribution in [0.1, 0.15) is 175 Å². The van der Waals surface area contributed by atoms with E-state index in [-0.39, 0.29) is 44.6 Å². The molecule has 1 aromatic heterocycles. The Labute approximate surface area is 453 Å². The molecule has 7 aromatic carbocycles. The minimum absolute atomic E-state index is 0.0193. The first-order chi connectivity index (χ1) is 35.3. The van der Waals surface area contributed by atoms with Gasteiger partial charge in [-0.15, -0.1) is 11.3 Å². The molecule has 2 bridgehead atoms. The van der Waals surface area contributed by atoms with Crippen molar-refractivity contribution in [3.63, 3.8) is 0 Å². The first-order valence-electron chi connectivity index (χ1n) is 28.2. The molecular formula is C71H77BN2S. The first-order valence-corrected chi connectivity index (χ1v) is 29.1. The summed E-state index contributed by atoms with van der Waals surface area (Å²) in [6.45, 7) is 36.6. The Bertz CT molecular complexity index is 3680. The fourth-order valence-corrected chi connectivity index (χ4v) is 16.0. The molecule has 0 spiro atoms. The van der Waals surface area contributed by atoms with Gasteiger partial charge >= 0.3 is 0 Å². The topological polar surface area (TPSA) is 6.48 Å². The van der Waals surface area contributed by atoms with E-state index in [0.717, 1.165) is 6.42 Å². The molecule has 380 valence electrons. The molecule has 1 saturated carbocycles. The molecular weight excluding hydrogens is 924 g/mol. The van der Waals surface area contributed by atoms with E-state index >= 15 is 0 Å². The quantitative estimate of drug-likeness (QED) is 0.162. The summed E-state index contributed by atoms with van der Waals surface area (Å²) < 4.78 is 2.89.